The number of alkyl halides is 1. The fraction of sp³-hybridized carbons (Fsp3) is 1.00. The minimum Gasteiger partial charge on any atom is -0.346 e. The average Bonchev–Trinajstić information content (AvgIpc) is 1.78. The molecule has 1 heterocycles. The molecular formula is C6H11ClO2. The van der Waals surface area contributed by atoms with Crippen molar-refractivity contribution >= 4 is 11.6 Å². The van der Waals surface area contributed by atoms with E-state index in [0.29, 0.717) is 6.61 Å². The normalized spacial score (nSPS) is 41.3. The fourth-order valence-electron chi connectivity index (χ4n) is 0.874. The van der Waals surface area contributed by atoms with E-state index >= 15 is 0 Å². The van der Waals surface area contributed by atoms with Gasteiger partial charge < -0.3 is 9.47 Å². The summed E-state index contributed by atoms with van der Waals surface area (Å²) in [5.74, 6) is -0.503. The van der Waals surface area contributed by atoms with Gasteiger partial charge >= 0.3 is 0 Å². The van der Waals surface area contributed by atoms with E-state index in [-0.39, 0.29) is 0 Å². The Morgan fingerprint density at radius 2 is 1.89 bits per heavy atom. The molecule has 1 aliphatic rings. The van der Waals surface area contributed by atoms with E-state index in [0.717, 1.165) is 0 Å². The molecule has 0 unspecified atom stereocenters. The molecule has 1 atom stereocenters. The Morgan fingerprint density at radius 3 is 2.00 bits per heavy atom. The van der Waals surface area contributed by atoms with Crippen molar-refractivity contribution < 1.29 is 9.47 Å². The average molecular weight is 151 g/mol. The van der Waals surface area contributed by atoms with Gasteiger partial charge in [0.25, 0.3) is 0 Å². The summed E-state index contributed by atoms with van der Waals surface area (Å²) >= 11 is 5.80. The van der Waals surface area contributed by atoms with Gasteiger partial charge in [-0.25, -0.2) is 0 Å². The smallest absolute Gasteiger partial charge is 0.165 e. The molecule has 9 heavy (non-hydrogen) atoms. The maximum absolute atomic E-state index is 5.80. The van der Waals surface area contributed by atoms with Gasteiger partial charge in [-0.15, -0.1) is 0 Å². The second-order valence-corrected chi connectivity index (χ2v) is 3.69. The van der Waals surface area contributed by atoms with Crippen LogP contribution in [0.5, 0.6) is 0 Å². The summed E-state index contributed by atoms with van der Waals surface area (Å²) in [5, 5.41) is -0.622. The van der Waals surface area contributed by atoms with Crippen LogP contribution in [0.3, 0.4) is 0 Å². The van der Waals surface area contributed by atoms with Crippen LogP contribution in [0.15, 0.2) is 0 Å². The van der Waals surface area contributed by atoms with Crippen molar-refractivity contribution in [2.45, 2.75) is 31.6 Å². The molecular weight excluding hydrogens is 140 g/mol. The maximum atomic E-state index is 5.80. The van der Waals surface area contributed by atoms with Gasteiger partial charge in [0.2, 0.25) is 0 Å². The number of hydrogen-bond acceptors (Lipinski definition) is 2. The molecule has 0 aromatic rings. The molecule has 0 radical (unpaired) electrons. The van der Waals surface area contributed by atoms with Crippen molar-refractivity contribution in [3.05, 3.63) is 0 Å². The molecule has 0 aliphatic carbocycles. The molecule has 0 aromatic carbocycles. The molecule has 0 aromatic heterocycles. The van der Waals surface area contributed by atoms with Crippen LogP contribution in [-0.2, 0) is 9.47 Å². The zero-order valence-electron chi connectivity index (χ0n) is 5.90. The van der Waals surface area contributed by atoms with Crippen LogP contribution >= 0.6 is 11.6 Å². The van der Waals surface area contributed by atoms with E-state index in [1.807, 2.05) is 13.8 Å². The monoisotopic (exact) mass is 150 g/mol. The van der Waals surface area contributed by atoms with Crippen LogP contribution in [0.1, 0.15) is 20.8 Å². The van der Waals surface area contributed by atoms with Gasteiger partial charge in [-0.2, -0.15) is 0 Å². The molecule has 1 fully saturated rings. The molecule has 0 saturated carbocycles. The number of halogens is 1. The molecule has 0 N–H and O–H groups in total. The summed E-state index contributed by atoms with van der Waals surface area (Å²) in [7, 11) is 0. The lowest BCUT2D eigenvalue weighted by atomic mass is 10.4. The quantitative estimate of drug-likeness (QED) is 0.490. The molecule has 0 bridgehead atoms. The first-order valence-corrected chi connectivity index (χ1v) is 3.32. The minimum atomic E-state index is -0.622. The predicted octanol–water partition coefficient (Wildman–Crippen LogP) is 1.72. The lowest BCUT2D eigenvalue weighted by Gasteiger charge is -2.18. The van der Waals surface area contributed by atoms with E-state index in [1.165, 1.54) is 0 Å². The summed E-state index contributed by atoms with van der Waals surface area (Å²) in [6.45, 7) is 5.95. The Balaban J connectivity index is 2.58. The number of ether oxygens (including phenoxy) is 2. The summed E-state index contributed by atoms with van der Waals surface area (Å²) < 4.78 is 10.5. The summed E-state index contributed by atoms with van der Waals surface area (Å²) in [6.07, 6.45) is 0. The van der Waals surface area contributed by atoms with Crippen LogP contribution < -0.4 is 0 Å². The molecule has 0 spiro atoms. The highest BCUT2D eigenvalue weighted by atomic mass is 35.5. The van der Waals surface area contributed by atoms with E-state index in [1.54, 1.807) is 6.92 Å². The highest BCUT2D eigenvalue weighted by molar-refractivity contribution is 6.22. The molecule has 54 valence electrons. The summed E-state index contributed by atoms with van der Waals surface area (Å²) in [4.78, 5) is 0. The maximum Gasteiger partial charge on any atom is 0.165 e. The molecule has 3 heteroatoms. The third-order valence-corrected chi connectivity index (χ3v) is 1.32. The standard InChI is InChI=1S/C6H11ClO2/c1-5(2)8-4-6(3,7)9-5/h4H2,1-3H3/t6-/m1/s1. The van der Waals surface area contributed by atoms with Gasteiger partial charge in [-0.1, -0.05) is 11.6 Å². The number of hydrogen-bond donors (Lipinski definition) is 0. The number of rotatable bonds is 0. The van der Waals surface area contributed by atoms with E-state index in [4.69, 9.17) is 21.1 Å². The SMILES string of the molecule is CC1(C)OC[C@](C)(Cl)O1. The van der Waals surface area contributed by atoms with Gasteiger partial charge in [-0.05, 0) is 20.8 Å². The zero-order valence-corrected chi connectivity index (χ0v) is 6.66. The first kappa shape index (κ1) is 7.32. The third-order valence-electron chi connectivity index (χ3n) is 1.14. The second kappa shape index (κ2) is 1.84. The Bertz CT molecular complexity index is 106. The van der Waals surface area contributed by atoms with Crippen molar-refractivity contribution in [1.82, 2.24) is 0 Å². The van der Waals surface area contributed by atoms with E-state index in [2.05, 4.69) is 0 Å². The lowest BCUT2D eigenvalue weighted by molar-refractivity contribution is -0.142. The zero-order chi connectivity index (χ0) is 7.12. The highest BCUT2D eigenvalue weighted by Crippen LogP contribution is 2.32. The van der Waals surface area contributed by atoms with E-state index in [9.17, 15) is 0 Å². The Morgan fingerprint density at radius 1 is 1.33 bits per heavy atom. The molecule has 1 aliphatic heterocycles. The Hall–Kier alpha value is 0.210. The van der Waals surface area contributed by atoms with Crippen molar-refractivity contribution in [3.8, 4) is 0 Å². The van der Waals surface area contributed by atoms with E-state index < -0.39 is 10.8 Å². The van der Waals surface area contributed by atoms with Gasteiger partial charge in [0.15, 0.2) is 10.8 Å². The first-order valence-electron chi connectivity index (χ1n) is 2.94. The van der Waals surface area contributed by atoms with Gasteiger partial charge in [0.05, 0.1) is 6.61 Å². The highest BCUT2D eigenvalue weighted by Gasteiger charge is 2.40. The Kier molecular flexibility index (Phi) is 1.50. The van der Waals surface area contributed by atoms with Crippen molar-refractivity contribution in [2.24, 2.45) is 0 Å². The lowest BCUT2D eigenvalue weighted by Crippen LogP contribution is -2.24. The third kappa shape index (κ3) is 1.81. The predicted molar refractivity (Wildman–Crippen MR) is 35.4 cm³/mol. The van der Waals surface area contributed by atoms with Crippen LogP contribution in [-0.4, -0.2) is 17.5 Å². The van der Waals surface area contributed by atoms with Crippen LogP contribution in [0.4, 0.5) is 0 Å². The van der Waals surface area contributed by atoms with Crippen molar-refractivity contribution in [2.75, 3.05) is 6.61 Å². The van der Waals surface area contributed by atoms with Crippen LogP contribution in [0, 0.1) is 0 Å². The molecule has 1 rings (SSSR count). The van der Waals surface area contributed by atoms with Crippen LogP contribution in [0.2, 0.25) is 0 Å². The summed E-state index contributed by atoms with van der Waals surface area (Å²) in [5.41, 5.74) is 0. The minimum absolute atomic E-state index is 0.460. The van der Waals surface area contributed by atoms with Crippen molar-refractivity contribution in [1.29, 1.82) is 0 Å². The largest absolute Gasteiger partial charge is 0.346 e. The van der Waals surface area contributed by atoms with Crippen LogP contribution in [0.25, 0.3) is 0 Å². The second-order valence-electron chi connectivity index (χ2n) is 2.89. The molecule has 2 nitrogen and oxygen atoms in total. The van der Waals surface area contributed by atoms with Gasteiger partial charge in [0.1, 0.15) is 0 Å². The van der Waals surface area contributed by atoms with Gasteiger partial charge in [-0.3, -0.25) is 0 Å². The topological polar surface area (TPSA) is 18.5 Å². The van der Waals surface area contributed by atoms with Gasteiger partial charge in [0, 0.05) is 0 Å². The molecule has 0 amide bonds. The van der Waals surface area contributed by atoms with Crippen molar-refractivity contribution in [3.63, 3.8) is 0 Å². The molecule has 1 saturated heterocycles. The fourth-order valence-corrected chi connectivity index (χ4v) is 1.11. The first-order chi connectivity index (χ1) is 3.91. The summed E-state index contributed by atoms with van der Waals surface area (Å²) in [6, 6.07) is 0. The Labute approximate surface area is 60.1 Å².